The second-order valence-electron chi connectivity index (χ2n) is 11.0. The van der Waals surface area contributed by atoms with Crippen molar-refractivity contribution in [1.29, 1.82) is 0 Å². The molecule has 0 radical (unpaired) electrons. The topological polar surface area (TPSA) is 219 Å². The van der Waals surface area contributed by atoms with Crippen LogP contribution in [0.15, 0.2) is 42.5 Å². The van der Waals surface area contributed by atoms with E-state index in [0.717, 1.165) is 6.07 Å². The summed E-state index contributed by atoms with van der Waals surface area (Å²) in [6.45, 7) is 7.49. The minimum atomic E-state index is -0.686. The summed E-state index contributed by atoms with van der Waals surface area (Å²) in [5, 5.41) is 24.8. The number of nitro groups is 2. The third-order valence-electron chi connectivity index (χ3n) is 7.26. The highest BCUT2D eigenvalue weighted by molar-refractivity contribution is 6.21. The molecular weight excluding hydrogens is 704 g/mol. The lowest BCUT2D eigenvalue weighted by Gasteiger charge is -2.13. The lowest BCUT2D eigenvalue weighted by molar-refractivity contribution is -0.393. The molecule has 2 amide bonds. The van der Waals surface area contributed by atoms with Crippen molar-refractivity contribution in [3.63, 3.8) is 0 Å². The summed E-state index contributed by atoms with van der Waals surface area (Å²) in [6.07, 6.45) is 0. The molecule has 53 heavy (non-hydrogen) atoms. The number of hydrogen-bond donors (Lipinski definition) is 1. The fourth-order valence-electron chi connectivity index (χ4n) is 4.65. The van der Waals surface area contributed by atoms with Crippen LogP contribution in [0.3, 0.4) is 0 Å². The van der Waals surface area contributed by atoms with E-state index in [2.05, 4.69) is 5.32 Å². The summed E-state index contributed by atoms with van der Waals surface area (Å²) < 4.78 is 49.0. The van der Waals surface area contributed by atoms with Crippen LogP contribution in [0, 0.1) is 20.2 Å². The van der Waals surface area contributed by atoms with Gasteiger partial charge in [-0.2, -0.15) is 0 Å². The van der Waals surface area contributed by atoms with Gasteiger partial charge in [0.1, 0.15) is 5.69 Å². The van der Waals surface area contributed by atoms with Crippen molar-refractivity contribution in [1.82, 2.24) is 4.90 Å². The third-order valence-corrected chi connectivity index (χ3v) is 7.26. The Hall–Kier alpha value is -4.18. The van der Waals surface area contributed by atoms with Crippen molar-refractivity contribution in [2.45, 2.75) is 0 Å². The smallest absolute Gasteiger partial charge is 0.299 e. The first kappa shape index (κ1) is 43.2. The largest absolute Gasteiger partial charge is 0.377 e. The molecule has 1 aliphatic rings. The van der Waals surface area contributed by atoms with E-state index in [1.54, 1.807) is 24.3 Å². The molecule has 0 atom stereocenters. The lowest BCUT2D eigenvalue weighted by Crippen LogP contribution is -2.33. The summed E-state index contributed by atoms with van der Waals surface area (Å²) in [7, 11) is 0. The molecule has 0 aromatic heterocycles. The number of hydrogen-bond acceptors (Lipinski definition) is 16. The molecule has 0 fully saturated rings. The number of fused-ring (bicyclic) bond motifs is 1. The average molecular weight is 753 g/mol. The van der Waals surface area contributed by atoms with Crippen LogP contribution in [0.2, 0.25) is 0 Å². The molecule has 0 aliphatic carbocycles. The van der Waals surface area contributed by atoms with Gasteiger partial charge >= 0.3 is 0 Å². The first-order valence-electron chi connectivity index (χ1n) is 17.2. The molecule has 0 saturated heterocycles. The van der Waals surface area contributed by atoms with Crippen LogP contribution in [0.25, 0.3) is 0 Å². The minimum absolute atomic E-state index is 0.178. The quantitative estimate of drug-likeness (QED) is 0.0479. The number of imide groups is 1. The molecule has 0 spiro atoms. The van der Waals surface area contributed by atoms with E-state index in [9.17, 15) is 29.8 Å². The monoisotopic (exact) mass is 752 g/mol. The van der Waals surface area contributed by atoms with E-state index in [0.29, 0.717) is 117 Å². The van der Waals surface area contributed by atoms with Gasteiger partial charge < -0.3 is 47.9 Å². The Morgan fingerprint density at radius 2 is 0.887 bits per heavy atom. The second kappa shape index (κ2) is 26.6. The zero-order valence-electron chi connectivity index (χ0n) is 29.6. The molecule has 1 aliphatic heterocycles. The van der Waals surface area contributed by atoms with Crippen molar-refractivity contribution < 1.29 is 62.1 Å². The van der Waals surface area contributed by atoms with E-state index in [1.165, 1.54) is 17.0 Å². The summed E-state index contributed by atoms with van der Waals surface area (Å²) >= 11 is 0. The van der Waals surface area contributed by atoms with Gasteiger partial charge in [0, 0.05) is 12.6 Å². The Morgan fingerprint density at radius 3 is 1.26 bits per heavy atom. The highest BCUT2D eigenvalue weighted by Gasteiger charge is 2.34. The average Bonchev–Trinajstić information content (AvgIpc) is 3.40. The van der Waals surface area contributed by atoms with Gasteiger partial charge in [0.05, 0.1) is 153 Å². The number of carbonyl (C=O) groups is 2. The van der Waals surface area contributed by atoms with Crippen LogP contribution < -0.4 is 5.32 Å². The fraction of sp³-hybridized carbons (Fsp3) is 0.588. The van der Waals surface area contributed by atoms with Gasteiger partial charge in [-0.05, 0) is 18.2 Å². The molecular formula is C34H48N4O15. The van der Waals surface area contributed by atoms with Crippen LogP contribution in [0.1, 0.15) is 20.7 Å². The Kier molecular flexibility index (Phi) is 21.7. The number of benzene rings is 2. The first-order valence-corrected chi connectivity index (χ1v) is 17.2. The molecule has 19 heteroatoms. The maximum Gasteiger partial charge on any atom is 0.299 e. The van der Waals surface area contributed by atoms with Gasteiger partial charge in [-0.15, -0.1) is 0 Å². The van der Waals surface area contributed by atoms with Crippen LogP contribution in [0.4, 0.5) is 17.1 Å². The fourth-order valence-corrected chi connectivity index (χ4v) is 4.65. The Morgan fingerprint density at radius 1 is 0.509 bits per heavy atom. The SMILES string of the molecule is O=C1c2ccccc2C(=O)N1CCOCCOCCOCCOCCOCCOCCOCCOCCOCCNc1ccc([N+](=O)[O-])cc1[N+](=O)[O-]. The maximum atomic E-state index is 12.3. The van der Waals surface area contributed by atoms with Crippen LogP contribution >= 0.6 is 0 Å². The number of ether oxygens (including phenoxy) is 9. The standard InChI is InChI=1S/C34H48N4O15/c39-33-29-3-1-2-4-30(29)34(40)36(33)8-10-46-12-14-48-16-18-50-20-22-52-24-26-53-25-23-51-21-19-49-17-15-47-13-11-45-9-7-35-31-6-5-28(37(41)42)27-32(31)38(43)44/h1-6,27,35H,7-26H2. The van der Waals surface area contributed by atoms with E-state index >= 15 is 0 Å². The van der Waals surface area contributed by atoms with E-state index in [-0.39, 0.29) is 55.2 Å². The maximum absolute atomic E-state index is 12.3. The molecule has 3 rings (SSSR count). The predicted molar refractivity (Wildman–Crippen MR) is 187 cm³/mol. The van der Waals surface area contributed by atoms with Gasteiger partial charge in [0.15, 0.2) is 0 Å². The van der Waals surface area contributed by atoms with E-state index in [1.807, 2.05) is 0 Å². The predicted octanol–water partition coefficient (Wildman–Crippen LogP) is 2.36. The van der Waals surface area contributed by atoms with Gasteiger partial charge in [-0.1, -0.05) is 12.1 Å². The molecule has 294 valence electrons. The molecule has 19 nitrogen and oxygen atoms in total. The molecule has 2 aromatic rings. The van der Waals surface area contributed by atoms with Crippen molar-refractivity contribution >= 4 is 28.9 Å². The minimum Gasteiger partial charge on any atom is -0.377 e. The number of nitrogens with zero attached hydrogens (tertiary/aromatic N) is 3. The number of nitrogens with one attached hydrogen (secondary N) is 1. The second-order valence-corrected chi connectivity index (χ2v) is 11.0. The zero-order valence-corrected chi connectivity index (χ0v) is 29.6. The molecule has 1 heterocycles. The first-order chi connectivity index (χ1) is 25.9. The number of nitro benzene ring substituents is 2. The summed E-state index contributed by atoms with van der Waals surface area (Å²) in [5.41, 5.74) is 0.312. The Labute approximate surface area is 306 Å². The number of amides is 2. The zero-order chi connectivity index (χ0) is 37.9. The highest BCUT2D eigenvalue weighted by Crippen LogP contribution is 2.28. The molecule has 0 unspecified atom stereocenters. The van der Waals surface area contributed by atoms with Gasteiger partial charge in [0.2, 0.25) is 0 Å². The Bertz CT molecular complexity index is 1360. The van der Waals surface area contributed by atoms with Crippen molar-refractivity contribution in [2.75, 3.05) is 137 Å². The summed E-state index contributed by atoms with van der Waals surface area (Å²) in [6, 6.07) is 10.2. The van der Waals surface area contributed by atoms with Gasteiger partial charge in [0.25, 0.3) is 23.2 Å². The number of carbonyl (C=O) groups excluding carboxylic acids is 2. The number of rotatable bonds is 33. The van der Waals surface area contributed by atoms with Gasteiger partial charge in [-0.3, -0.25) is 34.7 Å². The molecule has 2 aromatic carbocycles. The van der Waals surface area contributed by atoms with Crippen molar-refractivity contribution in [2.24, 2.45) is 0 Å². The van der Waals surface area contributed by atoms with Crippen molar-refractivity contribution in [3.05, 3.63) is 73.8 Å². The van der Waals surface area contributed by atoms with Crippen LogP contribution in [0.5, 0.6) is 0 Å². The third kappa shape index (κ3) is 17.0. The number of anilines is 1. The highest BCUT2D eigenvalue weighted by atomic mass is 16.6. The lowest BCUT2D eigenvalue weighted by atomic mass is 10.1. The molecule has 0 saturated carbocycles. The van der Waals surface area contributed by atoms with Crippen LogP contribution in [-0.2, 0) is 42.6 Å². The van der Waals surface area contributed by atoms with E-state index in [4.69, 9.17) is 42.6 Å². The summed E-state index contributed by atoms with van der Waals surface area (Å²) in [5.74, 6) is -0.583. The van der Waals surface area contributed by atoms with E-state index < -0.39 is 9.85 Å². The number of non-ortho nitro benzene ring substituents is 1. The molecule has 1 N–H and O–H groups in total. The van der Waals surface area contributed by atoms with Crippen LogP contribution in [-0.4, -0.2) is 159 Å². The molecule has 0 bridgehead atoms. The summed E-state index contributed by atoms with van der Waals surface area (Å²) in [4.78, 5) is 46.4. The normalized spacial score (nSPS) is 12.4. The van der Waals surface area contributed by atoms with Gasteiger partial charge in [-0.25, -0.2) is 0 Å². The Balaban J connectivity index is 0.963. The van der Waals surface area contributed by atoms with Crippen molar-refractivity contribution in [3.8, 4) is 0 Å².